The Morgan fingerprint density at radius 1 is 0.944 bits per heavy atom. The van der Waals surface area contributed by atoms with Crippen molar-refractivity contribution in [2.75, 3.05) is 5.32 Å². The summed E-state index contributed by atoms with van der Waals surface area (Å²) in [6.45, 7) is 4.00. The highest BCUT2D eigenvalue weighted by molar-refractivity contribution is 5.45. The van der Waals surface area contributed by atoms with Gasteiger partial charge in [0, 0.05) is 17.8 Å². The van der Waals surface area contributed by atoms with Gasteiger partial charge in [0.15, 0.2) is 11.6 Å². The zero-order chi connectivity index (χ0) is 13.1. The lowest BCUT2D eigenvalue weighted by Gasteiger charge is -2.16. The van der Waals surface area contributed by atoms with E-state index in [4.69, 9.17) is 0 Å². The maximum absolute atomic E-state index is 13.1. The summed E-state index contributed by atoms with van der Waals surface area (Å²) in [6.07, 6.45) is 0. The Balaban J connectivity index is 2.13. The Labute approximate surface area is 105 Å². The molecular weight excluding hydrogens is 232 g/mol. The molecule has 3 heteroatoms. The van der Waals surface area contributed by atoms with Crippen molar-refractivity contribution in [3.05, 3.63) is 65.2 Å². The predicted octanol–water partition coefficient (Wildman–Crippen LogP) is 4.45. The summed E-state index contributed by atoms with van der Waals surface area (Å²) in [7, 11) is 0. The van der Waals surface area contributed by atoms with Crippen LogP contribution in [0.5, 0.6) is 0 Å². The van der Waals surface area contributed by atoms with E-state index in [2.05, 4.69) is 5.32 Å². The van der Waals surface area contributed by atoms with Gasteiger partial charge < -0.3 is 5.32 Å². The van der Waals surface area contributed by atoms with Gasteiger partial charge in [-0.05, 0) is 31.5 Å². The molecule has 2 aromatic carbocycles. The molecule has 1 atom stereocenters. The van der Waals surface area contributed by atoms with E-state index in [1.807, 2.05) is 38.1 Å². The van der Waals surface area contributed by atoms with E-state index in [9.17, 15) is 8.78 Å². The van der Waals surface area contributed by atoms with E-state index in [1.165, 1.54) is 17.7 Å². The Kier molecular flexibility index (Phi) is 3.60. The zero-order valence-corrected chi connectivity index (χ0v) is 10.4. The summed E-state index contributed by atoms with van der Waals surface area (Å²) in [5, 5.41) is 3.14. The molecule has 2 aromatic rings. The number of hydrogen-bond acceptors (Lipinski definition) is 1. The third-order valence-electron chi connectivity index (χ3n) is 2.88. The van der Waals surface area contributed by atoms with E-state index >= 15 is 0 Å². The number of nitrogens with one attached hydrogen (secondary N) is 1. The molecular formula is C15H15F2N. The van der Waals surface area contributed by atoms with E-state index in [0.717, 1.165) is 11.6 Å². The van der Waals surface area contributed by atoms with Crippen molar-refractivity contribution in [3.63, 3.8) is 0 Å². The minimum absolute atomic E-state index is 0.0375. The van der Waals surface area contributed by atoms with Gasteiger partial charge in [0.2, 0.25) is 0 Å². The molecule has 1 nitrogen and oxygen atoms in total. The molecule has 94 valence electrons. The summed E-state index contributed by atoms with van der Waals surface area (Å²) in [4.78, 5) is 0. The van der Waals surface area contributed by atoms with Crippen LogP contribution in [0.25, 0.3) is 0 Å². The fraction of sp³-hybridized carbons (Fsp3) is 0.200. The first kappa shape index (κ1) is 12.6. The lowest BCUT2D eigenvalue weighted by Crippen LogP contribution is -2.06. The van der Waals surface area contributed by atoms with Crippen LogP contribution in [-0.2, 0) is 0 Å². The van der Waals surface area contributed by atoms with Crippen molar-refractivity contribution in [3.8, 4) is 0 Å². The van der Waals surface area contributed by atoms with Crippen LogP contribution in [-0.4, -0.2) is 0 Å². The van der Waals surface area contributed by atoms with Crippen LogP contribution in [0.4, 0.5) is 14.5 Å². The first-order valence-electron chi connectivity index (χ1n) is 5.84. The van der Waals surface area contributed by atoms with Gasteiger partial charge in [0.25, 0.3) is 0 Å². The van der Waals surface area contributed by atoms with Crippen LogP contribution < -0.4 is 5.32 Å². The van der Waals surface area contributed by atoms with Crippen molar-refractivity contribution >= 4 is 5.69 Å². The molecule has 1 N–H and O–H groups in total. The third kappa shape index (κ3) is 2.86. The number of hydrogen-bond donors (Lipinski definition) is 1. The topological polar surface area (TPSA) is 12.0 Å². The highest BCUT2D eigenvalue weighted by Gasteiger charge is 2.07. The molecule has 0 fully saturated rings. The summed E-state index contributed by atoms with van der Waals surface area (Å²) >= 11 is 0. The number of benzene rings is 2. The lowest BCUT2D eigenvalue weighted by atomic mass is 10.1. The van der Waals surface area contributed by atoms with Crippen molar-refractivity contribution in [1.82, 2.24) is 0 Å². The summed E-state index contributed by atoms with van der Waals surface area (Å²) in [5.74, 6) is -1.67. The fourth-order valence-corrected chi connectivity index (χ4v) is 1.77. The van der Waals surface area contributed by atoms with E-state index < -0.39 is 11.6 Å². The normalized spacial score (nSPS) is 12.2. The maximum Gasteiger partial charge on any atom is 0.160 e. The molecule has 0 bridgehead atoms. The van der Waals surface area contributed by atoms with Crippen LogP contribution >= 0.6 is 0 Å². The Hall–Kier alpha value is -1.90. The smallest absolute Gasteiger partial charge is 0.160 e. The van der Waals surface area contributed by atoms with Crippen LogP contribution in [0.15, 0.2) is 42.5 Å². The van der Waals surface area contributed by atoms with Crippen LogP contribution in [0.1, 0.15) is 24.1 Å². The highest BCUT2D eigenvalue weighted by Crippen LogP contribution is 2.21. The van der Waals surface area contributed by atoms with Gasteiger partial charge in [-0.1, -0.05) is 29.8 Å². The molecule has 0 radical (unpaired) electrons. The SMILES string of the molecule is Cc1ccc(C(C)Nc2ccc(F)c(F)c2)cc1. The number of rotatable bonds is 3. The molecule has 2 rings (SSSR count). The number of anilines is 1. The largest absolute Gasteiger partial charge is 0.378 e. The van der Waals surface area contributed by atoms with E-state index in [1.54, 1.807) is 0 Å². The van der Waals surface area contributed by atoms with Gasteiger partial charge in [-0.25, -0.2) is 8.78 Å². The van der Waals surface area contributed by atoms with Gasteiger partial charge in [-0.15, -0.1) is 0 Å². The van der Waals surface area contributed by atoms with Gasteiger partial charge in [-0.2, -0.15) is 0 Å². The predicted molar refractivity (Wildman–Crippen MR) is 69.6 cm³/mol. The lowest BCUT2D eigenvalue weighted by molar-refractivity contribution is 0.509. The van der Waals surface area contributed by atoms with Crippen molar-refractivity contribution in [2.45, 2.75) is 19.9 Å². The molecule has 0 aliphatic heterocycles. The molecule has 0 aliphatic rings. The Morgan fingerprint density at radius 2 is 1.61 bits per heavy atom. The van der Waals surface area contributed by atoms with E-state index in [-0.39, 0.29) is 6.04 Å². The second-order valence-corrected chi connectivity index (χ2v) is 4.41. The Bertz CT molecular complexity index is 535. The minimum atomic E-state index is -0.837. The standard InChI is InChI=1S/C15H15F2N/c1-10-3-5-12(6-4-10)11(2)18-13-7-8-14(16)15(17)9-13/h3-9,11,18H,1-2H3. The number of halogens is 2. The molecule has 18 heavy (non-hydrogen) atoms. The quantitative estimate of drug-likeness (QED) is 0.845. The van der Waals surface area contributed by atoms with Crippen LogP contribution in [0.3, 0.4) is 0 Å². The van der Waals surface area contributed by atoms with E-state index in [0.29, 0.717) is 5.69 Å². The molecule has 0 saturated carbocycles. The maximum atomic E-state index is 13.1. The molecule has 0 amide bonds. The zero-order valence-electron chi connectivity index (χ0n) is 10.4. The summed E-state index contributed by atoms with van der Waals surface area (Å²) in [6, 6.07) is 12.0. The fourth-order valence-electron chi connectivity index (χ4n) is 1.77. The Morgan fingerprint density at radius 3 is 2.22 bits per heavy atom. The average Bonchev–Trinajstić information content (AvgIpc) is 2.34. The molecule has 1 unspecified atom stereocenters. The minimum Gasteiger partial charge on any atom is -0.378 e. The van der Waals surface area contributed by atoms with Gasteiger partial charge >= 0.3 is 0 Å². The first-order chi connectivity index (χ1) is 8.56. The van der Waals surface area contributed by atoms with Gasteiger partial charge in [0.05, 0.1) is 0 Å². The van der Waals surface area contributed by atoms with Gasteiger partial charge in [0.1, 0.15) is 0 Å². The molecule has 0 saturated heterocycles. The monoisotopic (exact) mass is 247 g/mol. The molecule has 0 spiro atoms. The van der Waals surface area contributed by atoms with Crippen molar-refractivity contribution in [1.29, 1.82) is 0 Å². The third-order valence-corrected chi connectivity index (χ3v) is 2.88. The average molecular weight is 247 g/mol. The highest BCUT2D eigenvalue weighted by atomic mass is 19.2. The molecule has 0 aliphatic carbocycles. The van der Waals surface area contributed by atoms with Crippen molar-refractivity contribution in [2.24, 2.45) is 0 Å². The first-order valence-corrected chi connectivity index (χ1v) is 5.84. The molecule has 0 aromatic heterocycles. The second kappa shape index (κ2) is 5.17. The van der Waals surface area contributed by atoms with Crippen molar-refractivity contribution < 1.29 is 8.78 Å². The van der Waals surface area contributed by atoms with Crippen LogP contribution in [0, 0.1) is 18.6 Å². The second-order valence-electron chi connectivity index (χ2n) is 4.41. The summed E-state index contributed by atoms with van der Waals surface area (Å²) in [5.41, 5.74) is 2.87. The summed E-state index contributed by atoms with van der Waals surface area (Å²) < 4.78 is 25.9. The van der Waals surface area contributed by atoms with Crippen LogP contribution in [0.2, 0.25) is 0 Å². The molecule has 0 heterocycles. The van der Waals surface area contributed by atoms with Gasteiger partial charge in [-0.3, -0.25) is 0 Å². The number of aryl methyl sites for hydroxylation is 1.